The van der Waals surface area contributed by atoms with Gasteiger partial charge in [-0.15, -0.1) is 0 Å². The number of amides is 1. The number of hydrogen-bond acceptors (Lipinski definition) is 3. The van der Waals surface area contributed by atoms with Gasteiger partial charge in [0.15, 0.2) is 0 Å². The summed E-state index contributed by atoms with van der Waals surface area (Å²) in [6.07, 6.45) is 0. The van der Waals surface area contributed by atoms with Crippen LogP contribution in [-0.4, -0.2) is 13.0 Å². The van der Waals surface area contributed by atoms with Crippen molar-refractivity contribution in [1.29, 1.82) is 0 Å². The molecule has 0 saturated carbocycles. The molecule has 0 atom stereocenters. The minimum atomic E-state index is -0.131. The fraction of sp³-hybridized carbons (Fsp3) is 0.0606. The molecule has 0 unspecified atom stereocenters. The number of methoxy groups -OCH3 is 1. The number of rotatable bonds is 8. The van der Waals surface area contributed by atoms with Gasteiger partial charge >= 0.3 is 0 Å². The van der Waals surface area contributed by atoms with E-state index in [0.29, 0.717) is 17.9 Å². The molecule has 37 heavy (non-hydrogen) atoms. The second-order valence-electron chi connectivity index (χ2n) is 8.55. The Bertz CT molecular complexity index is 1430. The molecule has 182 valence electrons. The molecule has 0 spiro atoms. The van der Waals surface area contributed by atoms with Crippen LogP contribution in [0.25, 0.3) is 11.1 Å². The van der Waals surface area contributed by atoms with Crippen molar-refractivity contribution < 1.29 is 14.3 Å². The highest BCUT2D eigenvalue weighted by Gasteiger charge is 2.20. The fourth-order valence-electron chi connectivity index (χ4n) is 4.11. The van der Waals surface area contributed by atoms with Gasteiger partial charge in [-0.3, -0.25) is 9.69 Å². The predicted molar refractivity (Wildman–Crippen MR) is 149 cm³/mol. The van der Waals surface area contributed by atoms with Crippen molar-refractivity contribution in [3.63, 3.8) is 0 Å². The molecule has 5 aromatic carbocycles. The summed E-state index contributed by atoms with van der Waals surface area (Å²) in [6, 6.07) is 43.0. The molecular weight excluding hydrogens is 458 g/mol. The highest BCUT2D eigenvalue weighted by Crippen LogP contribution is 2.31. The van der Waals surface area contributed by atoms with E-state index in [1.54, 1.807) is 36.3 Å². The van der Waals surface area contributed by atoms with Crippen molar-refractivity contribution >= 4 is 17.3 Å². The van der Waals surface area contributed by atoms with Gasteiger partial charge in [-0.1, -0.05) is 72.8 Å². The molecule has 0 bridgehead atoms. The third kappa shape index (κ3) is 5.71. The monoisotopic (exact) mass is 485 g/mol. The van der Waals surface area contributed by atoms with Crippen molar-refractivity contribution in [2.45, 2.75) is 6.61 Å². The summed E-state index contributed by atoms with van der Waals surface area (Å²) in [6.45, 7) is 0.482. The van der Waals surface area contributed by atoms with Crippen LogP contribution < -0.4 is 14.4 Å². The van der Waals surface area contributed by atoms with E-state index in [0.717, 1.165) is 33.8 Å². The molecule has 0 saturated heterocycles. The Morgan fingerprint density at radius 2 is 1.11 bits per heavy atom. The summed E-state index contributed by atoms with van der Waals surface area (Å²) in [4.78, 5) is 15.5. The summed E-state index contributed by atoms with van der Waals surface area (Å²) in [7, 11) is 1.61. The smallest absolute Gasteiger partial charge is 0.262 e. The Labute approximate surface area is 217 Å². The Kier molecular flexibility index (Phi) is 7.28. The first-order valence-corrected chi connectivity index (χ1v) is 12.1. The SMILES string of the molecule is COc1ccc(C(=O)N(c2ccc(OCc3ccccc3)cc2)c2ccc(-c3ccccc3)cc2)cc1. The minimum absolute atomic E-state index is 0.131. The summed E-state index contributed by atoms with van der Waals surface area (Å²) >= 11 is 0. The zero-order chi connectivity index (χ0) is 25.5. The van der Waals surface area contributed by atoms with Gasteiger partial charge in [0.25, 0.3) is 5.91 Å². The molecule has 0 aromatic heterocycles. The molecule has 1 amide bonds. The Morgan fingerprint density at radius 1 is 0.595 bits per heavy atom. The molecule has 4 heteroatoms. The molecule has 0 aliphatic carbocycles. The van der Waals surface area contributed by atoms with E-state index in [1.807, 2.05) is 97.1 Å². The minimum Gasteiger partial charge on any atom is -0.497 e. The molecule has 5 rings (SSSR count). The molecule has 0 aliphatic heterocycles. The average molecular weight is 486 g/mol. The average Bonchev–Trinajstić information content (AvgIpc) is 2.98. The van der Waals surface area contributed by atoms with Crippen molar-refractivity contribution in [3.05, 3.63) is 145 Å². The van der Waals surface area contributed by atoms with Crippen molar-refractivity contribution in [2.24, 2.45) is 0 Å². The molecular formula is C33H27NO3. The number of carbonyl (C=O) groups excluding carboxylic acids is 1. The van der Waals surface area contributed by atoms with Crippen LogP contribution in [0.3, 0.4) is 0 Å². The molecule has 4 nitrogen and oxygen atoms in total. The number of anilines is 2. The van der Waals surface area contributed by atoms with Crippen LogP contribution in [0.2, 0.25) is 0 Å². The standard InChI is InChI=1S/C33H27NO3/c1-36-31-20-14-28(15-21-31)33(35)34(29-16-12-27(13-17-29)26-10-6-3-7-11-26)30-18-22-32(23-19-30)37-24-25-8-4-2-5-9-25/h2-23H,24H2,1H3. The topological polar surface area (TPSA) is 38.8 Å². The van der Waals surface area contributed by atoms with E-state index in [1.165, 1.54) is 0 Å². The summed E-state index contributed by atoms with van der Waals surface area (Å²) in [5.41, 5.74) is 5.41. The molecule has 0 heterocycles. The van der Waals surface area contributed by atoms with E-state index in [9.17, 15) is 4.79 Å². The van der Waals surface area contributed by atoms with Crippen molar-refractivity contribution in [2.75, 3.05) is 12.0 Å². The van der Waals surface area contributed by atoms with Crippen molar-refractivity contribution in [1.82, 2.24) is 0 Å². The quantitative estimate of drug-likeness (QED) is 0.224. The van der Waals surface area contributed by atoms with Crippen LogP contribution in [0.15, 0.2) is 133 Å². The maximum Gasteiger partial charge on any atom is 0.262 e. The third-order valence-corrected chi connectivity index (χ3v) is 6.12. The zero-order valence-corrected chi connectivity index (χ0v) is 20.6. The third-order valence-electron chi connectivity index (χ3n) is 6.12. The van der Waals surface area contributed by atoms with Crippen molar-refractivity contribution in [3.8, 4) is 22.6 Å². The second-order valence-corrected chi connectivity index (χ2v) is 8.55. The van der Waals surface area contributed by atoms with E-state index in [2.05, 4.69) is 12.1 Å². The lowest BCUT2D eigenvalue weighted by atomic mass is 10.0. The first-order valence-electron chi connectivity index (χ1n) is 12.1. The molecule has 0 aliphatic rings. The fourth-order valence-corrected chi connectivity index (χ4v) is 4.11. The first-order chi connectivity index (χ1) is 18.2. The number of carbonyl (C=O) groups is 1. The largest absolute Gasteiger partial charge is 0.497 e. The van der Waals surface area contributed by atoms with E-state index < -0.39 is 0 Å². The maximum atomic E-state index is 13.7. The first kappa shape index (κ1) is 23.9. The Balaban J connectivity index is 1.44. The van der Waals surface area contributed by atoms with Crippen LogP contribution in [0.5, 0.6) is 11.5 Å². The van der Waals surface area contributed by atoms with E-state index in [4.69, 9.17) is 9.47 Å². The number of nitrogens with zero attached hydrogens (tertiary/aromatic N) is 1. The van der Waals surface area contributed by atoms with Gasteiger partial charge in [-0.25, -0.2) is 0 Å². The van der Waals surface area contributed by atoms with Crippen LogP contribution in [-0.2, 0) is 6.61 Å². The second kappa shape index (κ2) is 11.3. The van der Waals surface area contributed by atoms with E-state index in [-0.39, 0.29) is 5.91 Å². The van der Waals surface area contributed by atoms with Gasteiger partial charge in [0.2, 0.25) is 0 Å². The molecule has 0 fully saturated rings. The van der Waals surface area contributed by atoms with E-state index >= 15 is 0 Å². The van der Waals surface area contributed by atoms with Gasteiger partial charge in [-0.2, -0.15) is 0 Å². The summed E-state index contributed by atoms with van der Waals surface area (Å²) < 4.78 is 11.2. The highest BCUT2D eigenvalue weighted by molar-refractivity contribution is 6.11. The Morgan fingerprint density at radius 3 is 1.70 bits per heavy atom. The Hall–Kier alpha value is -4.83. The van der Waals surface area contributed by atoms with Gasteiger partial charge in [0.05, 0.1) is 7.11 Å². The molecule has 0 N–H and O–H groups in total. The number of ether oxygens (including phenoxy) is 2. The normalized spacial score (nSPS) is 10.5. The van der Waals surface area contributed by atoms with Gasteiger partial charge < -0.3 is 9.47 Å². The summed E-state index contributed by atoms with van der Waals surface area (Å²) in [5, 5.41) is 0. The van der Waals surface area contributed by atoms with Crippen LogP contribution >= 0.6 is 0 Å². The highest BCUT2D eigenvalue weighted by atomic mass is 16.5. The lowest BCUT2D eigenvalue weighted by Gasteiger charge is -2.24. The lowest BCUT2D eigenvalue weighted by molar-refractivity contribution is 0.0999. The zero-order valence-electron chi connectivity index (χ0n) is 20.6. The molecule has 5 aromatic rings. The van der Waals surface area contributed by atoms with Crippen LogP contribution in [0, 0.1) is 0 Å². The molecule has 0 radical (unpaired) electrons. The van der Waals surface area contributed by atoms with Gasteiger partial charge in [0, 0.05) is 16.9 Å². The predicted octanol–water partition coefficient (Wildman–Crippen LogP) is 7.92. The number of benzene rings is 5. The lowest BCUT2D eigenvalue weighted by Crippen LogP contribution is -2.25. The summed E-state index contributed by atoms with van der Waals surface area (Å²) in [5.74, 6) is 1.31. The van der Waals surface area contributed by atoms with Crippen LogP contribution in [0.4, 0.5) is 11.4 Å². The van der Waals surface area contributed by atoms with Gasteiger partial charge in [0.1, 0.15) is 18.1 Å². The number of hydrogen-bond donors (Lipinski definition) is 0. The van der Waals surface area contributed by atoms with Crippen LogP contribution in [0.1, 0.15) is 15.9 Å². The maximum absolute atomic E-state index is 13.7. The van der Waals surface area contributed by atoms with Gasteiger partial charge in [-0.05, 0) is 77.4 Å².